The molecule has 0 saturated carbocycles. The van der Waals surface area contributed by atoms with Crippen molar-refractivity contribution in [2.75, 3.05) is 10.6 Å². The number of benzene rings is 3. The Bertz CT molecular complexity index is 966. The van der Waals surface area contributed by atoms with E-state index in [4.69, 9.17) is 0 Å². The maximum Gasteiger partial charge on any atom is 0.255 e. The van der Waals surface area contributed by atoms with Crippen LogP contribution >= 0.6 is 0 Å². The van der Waals surface area contributed by atoms with Crippen LogP contribution in [0.25, 0.3) is 10.8 Å². The lowest BCUT2D eigenvalue weighted by atomic mass is 9.95. The zero-order chi connectivity index (χ0) is 18.7. The number of rotatable bonds is 3. The van der Waals surface area contributed by atoms with Gasteiger partial charge in [0.05, 0.1) is 0 Å². The summed E-state index contributed by atoms with van der Waals surface area (Å²) in [4.78, 5) is 24.8. The van der Waals surface area contributed by atoms with Crippen LogP contribution < -0.4 is 10.6 Å². The highest BCUT2D eigenvalue weighted by Crippen LogP contribution is 2.24. The van der Waals surface area contributed by atoms with Crippen molar-refractivity contribution in [1.29, 1.82) is 0 Å². The largest absolute Gasteiger partial charge is 0.326 e. The SMILES string of the molecule is CC(C)(C)C(=O)Nc1cccc(C(=O)Nc2cccc3ccccc23)c1. The molecule has 132 valence electrons. The molecule has 0 heterocycles. The molecule has 0 spiro atoms. The van der Waals surface area contributed by atoms with E-state index in [1.54, 1.807) is 24.3 Å². The summed E-state index contributed by atoms with van der Waals surface area (Å²) in [5, 5.41) is 7.86. The minimum absolute atomic E-state index is 0.0934. The van der Waals surface area contributed by atoms with Crippen LogP contribution in [0.4, 0.5) is 11.4 Å². The molecule has 0 saturated heterocycles. The Hall–Kier alpha value is -3.14. The molecule has 26 heavy (non-hydrogen) atoms. The van der Waals surface area contributed by atoms with E-state index in [1.807, 2.05) is 63.2 Å². The Kier molecular flexibility index (Phi) is 4.76. The van der Waals surface area contributed by atoms with Gasteiger partial charge in [-0.1, -0.05) is 63.2 Å². The topological polar surface area (TPSA) is 58.2 Å². The van der Waals surface area contributed by atoms with Crippen molar-refractivity contribution < 1.29 is 9.59 Å². The third-order valence-corrected chi connectivity index (χ3v) is 4.10. The number of anilines is 2. The molecule has 0 aliphatic carbocycles. The number of hydrogen-bond donors (Lipinski definition) is 2. The summed E-state index contributed by atoms with van der Waals surface area (Å²) in [7, 11) is 0. The third kappa shape index (κ3) is 3.91. The zero-order valence-corrected chi connectivity index (χ0v) is 15.2. The van der Waals surface area contributed by atoms with Crippen LogP contribution in [0, 0.1) is 5.41 Å². The highest BCUT2D eigenvalue weighted by Gasteiger charge is 2.21. The van der Waals surface area contributed by atoms with Crippen LogP contribution in [-0.2, 0) is 4.79 Å². The van der Waals surface area contributed by atoms with Crippen molar-refractivity contribution >= 4 is 34.0 Å². The predicted octanol–water partition coefficient (Wildman–Crippen LogP) is 5.08. The number of carbonyl (C=O) groups excluding carboxylic acids is 2. The quantitative estimate of drug-likeness (QED) is 0.695. The second-order valence-electron chi connectivity index (χ2n) is 7.27. The van der Waals surface area contributed by atoms with Gasteiger partial charge >= 0.3 is 0 Å². The highest BCUT2D eigenvalue weighted by atomic mass is 16.2. The van der Waals surface area contributed by atoms with Gasteiger partial charge < -0.3 is 10.6 Å². The monoisotopic (exact) mass is 346 g/mol. The lowest BCUT2D eigenvalue weighted by Gasteiger charge is -2.18. The van der Waals surface area contributed by atoms with E-state index < -0.39 is 5.41 Å². The van der Waals surface area contributed by atoms with Crippen molar-refractivity contribution in [1.82, 2.24) is 0 Å². The molecule has 2 amide bonds. The minimum Gasteiger partial charge on any atom is -0.326 e. The molecule has 3 rings (SSSR count). The van der Waals surface area contributed by atoms with Gasteiger partial charge in [0, 0.05) is 27.7 Å². The van der Waals surface area contributed by atoms with Gasteiger partial charge in [0.15, 0.2) is 0 Å². The summed E-state index contributed by atoms with van der Waals surface area (Å²) in [5.41, 5.74) is 1.36. The van der Waals surface area contributed by atoms with Crippen molar-refractivity contribution in [3.8, 4) is 0 Å². The van der Waals surface area contributed by atoms with Gasteiger partial charge in [-0.05, 0) is 29.7 Å². The van der Waals surface area contributed by atoms with Crippen LogP contribution in [-0.4, -0.2) is 11.8 Å². The summed E-state index contributed by atoms with van der Waals surface area (Å²) in [6, 6.07) is 20.7. The smallest absolute Gasteiger partial charge is 0.255 e. The van der Waals surface area contributed by atoms with E-state index in [0.717, 1.165) is 16.5 Å². The molecule has 0 aromatic heterocycles. The van der Waals surface area contributed by atoms with Crippen molar-refractivity contribution in [2.45, 2.75) is 20.8 Å². The highest BCUT2D eigenvalue weighted by molar-refractivity contribution is 6.09. The van der Waals surface area contributed by atoms with Gasteiger partial charge in [-0.2, -0.15) is 0 Å². The molecule has 0 radical (unpaired) electrons. The first-order valence-corrected chi connectivity index (χ1v) is 8.55. The van der Waals surface area contributed by atoms with Crippen molar-refractivity contribution in [3.63, 3.8) is 0 Å². The average molecular weight is 346 g/mol. The van der Waals surface area contributed by atoms with Gasteiger partial charge in [-0.3, -0.25) is 9.59 Å². The van der Waals surface area contributed by atoms with E-state index in [-0.39, 0.29) is 11.8 Å². The predicted molar refractivity (Wildman–Crippen MR) is 106 cm³/mol. The van der Waals surface area contributed by atoms with Gasteiger partial charge in [0.25, 0.3) is 5.91 Å². The molecule has 0 atom stereocenters. The Morgan fingerprint density at radius 1 is 0.808 bits per heavy atom. The van der Waals surface area contributed by atoms with Crippen LogP contribution in [0.3, 0.4) is 0 Å². The molecule has 3 aromatic carbocycles. The molecule has 0 fully saturated rings. The molecule has 4 heteroatoms. The van der Waals surface area contributed by atoms with Crippen LogP contribution in [0.1, 0.15) is 31.1 Å². The zero-order valence-electron chi connectivity index (χ0n) is 15.2. The third-order valence-electron chi connectivity index (χ3n) is 4.10. The molecule has 0 bridgehead atoms. The molecule has 3 aromatic rings. The van der Waals surface area contributed by atoms with E-state index in [0.29, 0.717) is 11.3 Å². The summed E-state index contributed by atoms with van der Waals surface area (Å²) >= 11 is 0. The lowest BCUT2D eigenvalue weighted by Crippen LogP contribution is -2.27. The van der Waals surface area contributed by atoms with Gasteiger partial charge in [-0.15, -0.1) is 0 Å². The number of carbonyl (C=O) groups is 2. The first-order chi connectivity index (χ1) is 12.3. The molecule has 0 aliphatic heterocycles. The molecule has 0 unspecified atom stereocenters. The lowest BCUT2D eigenvalue weighted by molar-refractivity contribution is -0.123. The summed E-state index contributed by atoms with van der Waals surface area (Å²) in [6.45, 7) is 5.54. The number of hydrogen-bond acceptors (Lipinski definition) is 2. The van der Waals surface area contributed by atoms with Crippen LogP contribution in [0.2, 0.25) is 0 Å². The Labute approximate surface area is 153 Å². The van der Waals surface area contributed by atoms with E-state index in [1.165, 1.54) is 0 Å². The Balaban J connectivity index is 1.82. The minimum atomic E-state index is -0.499. The first-order valence-electron chi connectivity index (χ1n) is 8.55. The van der Waals surface area contributed by atoms with Gasteiger partial charge in [0.2, 0.25) is 5.91 Å². The maximum atomic E-state index is 12.7. The number of nitrogens with one attached hydrogen (secondary N) is 2. The van der Waals surface area contributed by atoms with Crippen LogP contribution in [0.5, 0.6) is 0 Å². The fraction of sp³-hybridized carbons (Fsp3) is 0.182. The van der Waals surface area contributed by atoms with Crippen molar-refractivity contribution in [2.24, 2.45) is 5.41 Å². The molecular weight excluding hydrogens is 324 g/mol. The summed E-state index contributed by atoms with van der Waals surface area (Å²) < 4.78 is 0. The van der Waals surface area contributed by atoms with Gasteiger partial charge in [-0.25, -0.2) is 0 Å². The second kappa shape index (κ2) is 7.00. The summed E-state index contributed by atoms with van der Waals surface area (Å²) in [5.74, 6) is -0.308. The fourth-order valence-corrected chi connectivity index (χ4v) is 2.59. The second-order valence-corrected chi connectivity index (χ2v) is 7.27. The average Bonchev–Trinajstić information content (AvgIpc) is 2.61. The van der Waals surface area contributed by atoms with Crippen molar-refractivity contribution in [3.05, 3.63) is 72.3 Å². The van der Waals surface area contributed by atoms with Gasteiger partial charge in [0.1, 0.15) is 0 Å². The molecule has 0 aliphatic rings. The number of amides is 2. The van der Waals surface area contributed by atoms with E-state index in [2.05, 4.69) is 10.6 Å². The van der Waals surface area contributed by atoms with E-state index >= 15 is 0 Å². The number of fused-ring (bicyclic) bond motifs is 1. The Morgan fingerprint density at radius 2 is 1.50 bits per heavy atom. The first kappa shape index (κ1) is 17.7. The van der Waals surface area contributed by atoms with Crippen LogP contribution in [0.15, 0.2) is 66.7 Å². The molecule has 4 nitrogen and oxygen atoms in total. The fourth-order valence-electron chi connectivity index (χ4n) is 2.59. The van der Waals surface area contributed by atoms with E-state index in [9.17, 15) is 9.59 Å². The molecule has 2 N–H and O–H groups in total. The molecular formula is C22H22N2O2. The summed E-state index contributed by atoms with van der Waals surface area (Å²) in [6.07, 6.45) is 0. The Morgan fingerprint density at radius 3 is 2.27 bits per heavy atom. The normalized spacial score (nSPS) is 11.2. The maximum absolute atomic E-state index is 12.7. The standard InChI is InChI=1S/C22H22N2O2/c1-22(2,3)21(26)23-17-11-6-10-16(14-17)20(25)24-19-13-7-9-15-8-4-5-12-18(15)19/h4-14H,1-3H3,(H,23,26)(H,24,25).